The Balaban J connectivity index is 0.00000341. The second-order valence-corrected chi connectivity index (χ2v) is 8.32. The van der Waals surface area contributed by atoms with Gasteiger partial charge in [0.2, 0.25) is 0 Å². The van der Waals surface area contributed by atoms with E-state index in [0.29, 0.717) is 25.8 Å². The maximum Gasteiger partial charge on any atom is 0.191 e. The highest BCUT2D eigenvalue weighted by Crippen LogP contribution is 2.27. The van der Waals surface area contributed by atoms with Crippen molar-refractivity contribution in [2.24, 2.45) is 4.99 Å². The summed E-state index contributed by atoms with van der Waals surface area (Å²) in [6, 6.07) is 12.9. The smallest absolute Gasteiger partial charge is 0.191 e. The summed E-state index contributed by atoms with van der Waals surface area (Å²) in [6.07, 6.45) is 2.58. The zero-order valence-corrected chi connectivity index (χ0v) is 21.7. The number of nitrogens with zero attached hydrogens (tertiary/aromatic N) is 2. The number of hydrogen-bond donors (Lipinski definition) is 2. The van der Waals surface area contributed by atoms with Gasteiger partial charge in [-0.3, -0.25) is 4.90 Å². The van der Waals surface area contributed by atoms with Crippen molar-refractivity contribution in [2.75, 3.05) is 46.5 Å². The molecule has 2 aromatic rings. The van der Waals surface area contributed by atoms with Gasteiger partial charge in [0.15, 0.2) is 5.96 Å². The first kappa shape index (κ1) is 25.9. The van der Waals surface area contributed by atoms with E-state index in [4.69, 9.17) is 14.5 Å². The Morgan fingerprint density at radius 1 is 1.16 bits per heavy atom. The van der Waals surface area contributed by atoms with Crippen LogP contribution in [-0.4, -0.2) is 57.4 Å². The molecule has 1 aromatic carbocycles. The van der Waals surface area contributed by atoms with Gasteiger partial charge in [0.05, 0.1) is 19.2 Å². The number of halogens is 1. The zero-order valence-electron chi connectivity index (χ0n) is 18.5. The zero-order chi connectivity index (χ0) is 21.0. The van der Waals surface area contributed by atoms with E-state index in [1.807, 2.05) is 29.5 Å². The van der Waals surface area contributed by atoms with Gasteiger partial charge in [0.25, 0.3) is 0 Å². The van der Waals surface area contributed by atoms with Crippen LogP contribution in [0.1, 0.15) is 36.2 Å². The quantitative estimate of drug-likeness (QED) is 0.187. The molecule has 0 spiro atoms. The summed E-state index contributed by atoms with van der Waals surface area (Å²) in [6.45, 7) is 7.86. The van der Waals surface area contributed by atoms with Crippen molar-refractivity contribution >= 4 is 41.3 Å². The molecule has 0 aliphatic carbocycles. The normalized spacial score (nSPS) is 15.4. The summed E-state index contributed by atoms with van der Waals surface area (Å²) in [5.74, 6) is 1.70. The number of guanidine groups is 1. The molecule has 0 bridgehead atoms. The number of thiophene rings is 1. The van der Waals surface area contributed by atoms with Crippen LogP contribution in [0.25, 0.3) is 0 Å². The molecule has 0 amide bonds. The number of ether oxygens (including phenoxy) is 2. The maximum absolute atomic E-state index is 5.71. The molecule has 172 valence electrons. The number of likely N-dealkylation sites (tertiary alicyclic amines) is 1. The Hall–Kier alpha value is -1.36. The highest BCUT2D eigenvalue weighted by Gasteiger charge is 2.24. The maximum atomic E-state index is 5.71. The lowest BCUT2D eigenvalue weighted by molar-refractivity contribution is 0.146. The van der Waals surface area contributed by atoms with Crippen LogP contribution in [0.15, 0.2) is 46.8 Å². The van der Waals surface area contributed by atoms with Crippen LogP contribution in [0.5, 0.6) is 5.75 Å². The van der Waals surface area contributed by atoms with Gasteiger partial charge in [-0.1, -0.05) is 18.2 Å². The van der Waals surface area contributed by atoms with Gasteiger partial charge < -0.3 is 20.1 Å². The van der Waals surface area contributed by atoms with E-state index in [2.05, 4.69) is 46.0 Å². The molecular formula is C23H35IN4O2S. The number of benzene rings is 1. The first-order valence-corrected chi connectivity index (χ1v) is 11.7. The third kappa shape index (κ3) is 8.59. The predicted octanol–water partition coefficient (Wildman–Crippen LogP) is 4.28. The molecule has 8 heteroatoms. The van der Waals surface area contributed by atoms with Crippen molar-refractivity contribution in [1.29, 1.82) is 0 Å². The summed E-state index contributed by atoms with van der Waals surface area (Å²) in [5, 5.41) is 9.11. The Labute approximate surface area is 207 Å². The second-order valence-electron chi connectivity index (χ2n) is 7.34. The molecule has 3 rings (SSSR count). The summed E-state index contributed by atoms with van der Waals surface area (Å²) < 4.78 is 10.8. The fourth-order valence-electron chi connectivity index (χ4n) is 3.63. The van der Waals surface area contributed by atoms with Gasteiger partial charge in [-0.05, 0) is 62.0 Å². The number of nitrogens with one attached hydrogen (secondary N) is 2. The van der Waals surface area contributed by atoms with Gasteiger partial charge in [-0.25, -0.2) is 4.99 Å². The molecule has 2 heterocycles. The molecule has 6 nitrogen and oxygen atoms in total. The monoisotopic (exact) mass is 558 g/mol. The van der Waals surface area contributed by atoms with Gasteiger partial charge in [0.1, 0.15) is 12.4 Å². The topological polar surface area (TPSA) is 58.1 Å². The first-order valence-electron chi connectivity index (χ1n) is 10.8. The summed E-state index contributed by atoms with van der Waals surface area (Å²) >= 11 is 1.84. The molecule has 31 heavy (non-hydrogen) atoms. The molecular weight excluding hydrogens is 523 g/mol. The van der Waals surface area contributed by atoms with Crippen molar-refractivity contribution < 1.29 is 9.47 Å². The average molecular weight is 559 g/mol. The second kappa shape index (κ2) is 14.7. The van der Waals surface area contributed by atoms with E-state index in [9.17, 15) is 0 Å². The molecule has 1 saturated heterocycles. The average Bonchev–Trinajstić information content (AvgIpc) is 3.48. The number of methoxy groups -OCH3 is 1. The fourth-order valence-corrected chi connectivity index (χ4v) is 4.49. The molecule has 1 aliphatic rings. The van der Waals surface area contributed by atoms with Gasteiger partial charge in [-0.15, -0.1) is 35.3 Å². The lowest BCUT2D eigenvalue weighted by Gasteiger charge is -2.27. The van der Waals surface area contributed by atoms with Gasteiger partial charge in [-0.2, -0.15) is 0 Å². The minimum absolute atomic E-state index is 0. The van der Waals surface area contributed by atoms with Crippen molar-refractivity contribution in [1.82, 2.24) is 15.5 Å². The summed E-state index contributed by atoms with van der Waals surface area (Å²) in [7, 11) is 1.68. The Morgan fingerprint density at radius 2 is 2.00 bits per heavy atom. The SMILES string of the molecule is CCNC(=NCc1cccc(OCCOC)c1)NCC(c1cccs1)N1CCCC1.I. The van der Waals surface area contributed by atoms with Crippen LogP contribution in [0.2, 0.25) is 0 Å². The Kier molecular flexibility index (Phi) is 12.2. The van der Waals surface area contributed by atoms with Crippen molar-refractivity contribution in [3.05, 3.63) is 52.2 Å². The number of rotatable bonds is 11. The van der Waals surface area contributed by atoms with E-state index >= 15 is 0 Å². The first-order chi connectivity index (χ1) is 14.8. The third-order valence-corrected chi connectivity index (χ3v) is 6.11. The highest BCUT2D eigenvalue weighted by atomic mass is 127. The van der Waals surface area contributed by atoms with Crippen LogP contribution < -0.4 is 15.4 Å². The molecule has 1 aliphatic heterocycles. The summed E-state index contributed by atoms with van der Waals surface area (Å²) in [4.78, 5) is 8.80. The Morgan fingerprint density at radius 3 is 2.71 bits per heavy atom. The van der Waals surface area contributed by atoms with Crippen molar-refractivity contribution in [3.63, 3.8) is 0 Å². The molecule has 1 atom stereocenters. The molecule has 1 unspecified atom stereocenters. The lowest BCUT2D eigenvalue weighted by Crippen LogP contribution is -2.42. The standard InChI is InChI=1S/C23H34N4O2S.HI/c1-3-24-23(25-17-19-8-6-9-20(16-19)29-14-13-28-2)26-18-21(22-10-7-15-30-22)27-11-4-5-12-27;/h6-10,15-16,21H,3-5,11-14,17-18H2,1-2H3,(H2,24,25,26);1H. The molecule has 1 aromatic heterocycles. The lowest BCUT2D eigenvalue weighted by atomic mass is 10.2. The molecule has 0 saturated carbocycles. The largest absolute Gasteiger partial charge is 0.491 e. The summed E-state index contributed by atoms with van der Waals surface area (Å²) in [5.41, 5.74) is 1.12. The van der Waals surface area contributed by atoms with E-state index < -0.39 is 0 Å². The van der Waals surface area contributed by atoms with Crippen LogP contribution in [0.4, 0.5) is 0 Å². The third-order valence-electron chi connectivity index (χ3n) is 5.13. The predicted molar refractivity (Wildman–Crippen MR) is 140 cm³/mol. The van der Waals surface area contributed by atoms with E-state index in [0.717, 1.165) is 30.4 Å². The minimum Gasteiger partial charge on any atom is -0.491 e. The Bertz CT molecular complexity index is 767. The number of aliphatic imine (C=N–C) groups is 1. The minimum atomic E-state index is 0. The number of hydrogen-bond acceptors (Lipinski definition) is 5. The van der Waals surface area contributed by atoms with E-state index in [1.54, 1.807) is 7.11 Å². The van der Waals surface area contributed by atoms with Crippen molar-refractivity contribution in [3.8, 4) is 5.75 Å². The van der Waals surface area contributed by atoms with E-state index in [-0.39, 0.29) is 24.0 Å². The van der Waals surface area contributed by atoms with Crippen LogP contribution in [0, 0.1) is 0 Å². The highest BCUT2D eigenvalue weighted by molar-refractivity contribution is 14.0. The van der Waals surface area contributed by atoms with Crippen LogP contribution in [0.3, 0.4) is 0 Å². The van der Waals surface area contributed by atoms with Crippen molar-refractivity contribution in [2.45, 2.75) is 32.4 Å². The van der Waals surface area contributed by atoms with Gasteiger partial charge >= 0.3 is 0 Å². The molecule has 2 N–H and O–H groups in total. The molecule has 1 fully saturated rings. The fraction of sp³-hybridized carbons (Fsp3) is 0.522. The van der Waals surface area contributed by atoms with E-state index in [1.165, 1.54) is 30.8 Å². The van der Waals surface area contributed by atoms with Crippen LogP contribution >= 0.6 is 35.3 Å². The van der Waals surface area contributed by atoms with Gasteiger partial charge in [0, 0.05) is 25.1 Å². The van der Waals surface area contributed by atoms with Crippen LogP contribution in [-0.2, 0) is 11.3 Å². The molecule has 0 radical (unpaired) electrons.